The summed E-state index contributed by atoms with van der Waals surface area (Å²) in [5, 5.41) is 10.1. The minimum absolute atomic E-state index is 0.0170. The molecule has 1 aromatic carbocycles. The number of nitrogens with one attached hydrogen (secondary N) is 1. The van der Waals surface area contributed by atoms with Crippen LogP contribution >= 0.6 is 11.6 Å². The molecule has 0 amide bonds. The van der Waals surface area contributed by atoms with E-state index in [1.54, 1.807) is 14.1 Å². The van der Waals surface area contributed by atoms with Gasteiger partial charge >= 0.3 is 0 Å². The highest BCUT2D eigenvalue weighted by Gasteiger charge is 2.16. The number of hydrogen-bond donors (Lipinski definition) is 1. The summed E-state index contributed by atoms with van der Waals surface area (Å²) < 4.78 is 28.5. The van der Waals surface area contributed by atoms with Gasteiger partial charge in [-0.3, -0.25) is 4.57 Å². The summed E-state index contributed by atoms with van der Waals surface area (Å²) in [6, 6.07) is 1.92. The molecule has 17 heavy (non-hydrogen) atoms. The van der Waals surface area contributed by atoms with Crippen LogP contribution in [0.3, 0.4) is 0 Å². The van der Waals surface area contributed by atoms with Gasteiger partial charge in [0.2, 0.25) is 5.95 Å². The second kappa shape index (κ2) is 4.29. The number of aromatic nitrogens is 3. The Balaban J connectivity index is 2.60. The Morgan fingerprint density at radius 2 is 1.94 bits per heavy atom. The average molecular weight is 259 g/mol. The zero-order chi connectivity index (χ0) is 12.6. The van der Waals surface area contributed by atoms with Gasteiger partial charge in [-0.05, 0) is 12.1 Å². The van der Waals surface area contributed by atoms with E-state index in [0.717, 1.165) is 12.1 Å². The van der Waals surface area contributed by atoms with E-state index in [0.29, 0.717) is 5.95 Å². The molecule has 0 unspecified atom stereocenters. The molecular weight excluding hydrogens is 250 g/mol. The van der Waals surface area contributed by atoms with Crippen molar-refractivity contribution in [1.82, 2.24) is 14.8 Å². The van der Waals surface area contributed by atoms with Crippen LogP contribution in [0.2, 0.25) is 5.02 Å². The van der Waals surface area contributed by atoms with Gasteiger partial charge in [-0.25, -0.2) is 8.78 Å². The highest BCUT2D eigenvalue weighted by Crippen LogP contribution is 2.27. The lowest BCUT2D eigenvalue weighted by molar-refractivity contribution is 0.601. The molecule has 1 heterocycles. The van der Waals surface area contributed by atoms with Gasteiger partial charge in [-0.1, -0.05) is 11.6 Å². The smallest absolute Gasteiger partial charge is 0.224 e. The molecule has 0 aliphatic carbocycles. The van der Waals surface area contributed by atoms with Crippen LogP contribution in [-0.2, 0) is 7.05 Å². The molecule has 7 heteroatoms. The van der Waals surface area contributed by atoms with Crippen LogP contribution in [0.25, 0.3) is 11.4 Å². The third-order valence-electron chi connectivity index (χ3n) is 2.35. The van der Waals surface area contributed by atoms with Gasteiger partial charge in [-0.2, -0.15) is 0 Å². The van der Waals surface area contributed by atoms with Crippen molar-refractivity contribution in [2.45, 2.75) is 0 Å². The van der Waals surface area contributed by atoms with Gasteiger partial charge in [0.1, 0.15) is 11.6 Å². The molecule has 0 fully saturated rings. The zero-order valence-electron chi connectivity index (χ0n) is 9.13. The Bertz CT molecular complexity index is 568. The van der Waals surface area contributed by atoms with Crippen molar-refractivity contribution in [1.29, 1.82) is 0 Å². The summed E-state index contributed by atoms with van der Waals surface area (Å²) in [5.41, 5.74) is 0.0170. The molecule has 0 atom stereocenters. The van der Waals surface area contributed by atoms with Crippen molar-refractivity contribution >= 4 is 17.5 Å². The molecule has 0 aliphatic heterocycles. The molecule has 1 N–H and O–H groups in total. The summed E-state index contributed by atoms with van der Waals surface area (Å²) in [6.07, 6.45) is 0. The van der Waals surface area contributed by atoms with Crippen LogP contribution in [-0.4, -0.2) is 21.8 Å². The standard InChI is InChI=1S/C10H9ClF2N4/c1-14-10-16-15-9(17(10)2)5-3-8(13)6(11)4-7(5)12/h3-4H,1-2H3,(H,14,16). The molecule has 2 aromatic rings. The fourth-order valence-electron chi connectivity index (χ4n) is 1.48. The predicted octanol–water partition coefficient (Wildman–Crippen LogP) is 2.46. The lowest BCUT2D eigenvalue weighted by Crippen LogP contribution is -2.01. The van der Waals surface area contributed by atoms with E-state index in [9.17, 15) is 8.78 Å². The van der Waals surface area contributed by atoms with Gasteiger partial charge in [0.15, 0.2) is 5.82 Å². The quantitative estimate of drug-likeness (QED) is 0.842. The van der Waals surface area contributed by atoms with Crippen molar-refractivity contribution in [3.05, 3.63) is 28.8 Å². The van der Waals surface area contributed by atoms with Gasteiger partial charge in [0.05, 0.1) is 10.6 Å². The molecule has 0 saturated carbocycles. The maximum absolute atomic E-state index is 13.7. The van der Waals surface area contributed by atoms with Crippen LogP contribution in [0.1, 0.15) is 0 Å². The summed E-state index contributed by atoms with van der Waals surface area (Å²) >= 11 is 5.48. The molecule has 4 nitrogen and oxygen atoms in total. The fourth-order valence-corrected chi connectivity index (χ4v) is 1.63. The third-order valence-corrected chi connectivity index (χ3v) is 2.64. The monoisotopic (exact) mass is 258 g/mol. The van der Waals surface area contributed by atoms with Crippen LogP contribution in [0.15, 0.2) is 12.1 Å². The number of halogens is 3. The molecule has 0 bridgehead atoms. The van der Waals surface area contributed by atoms with Gasteiger partial charge in [-0.15, -0.1) is 10.2 Å². The molecule has 0 saturated heterocycles. The van der Waals surface area contributed by atoms with E-state index in [1.165, 1.54) is 4.57 Å². The van der Waals surface area contributed by atoms with E-state index in [2.05, 4.69) is 15.5 Å². The zero-order valence-corrected chi connectivity index (χ0v) is 9.89. The van der Waals surface area contributed by atoms with Gasteiger partial charge in [0.25, 0.3) is 0 Å². The third kappa shape index (κ3) is 1.95. The Hall–Kier alpha value is -1.69. The minimum Gasteiger partial charge on any atom is -0.357 e. The number of rotatable bonds is 2. The molecule has 0 aliphatic rings. The Labute approximate surface area is 101 Å². The fraction of sp³-hybridized carbons (Fsp3) is 0.200. The minimum atomic E-state index is -0.697. The summed E-state index contributed by atoms with van der Waals surface area (Å²) in [7, 11) is 3.31. The number of benzene rings is 1. The predicted molar refractivity (Wildman–Crippen MR) is 60.9 cm³/mol. The second-order valence-electron chi connectivity index (χ2n) is 3.40. The Morgan fingerprint density at radius 1 is 1.24 bits per heavy atom. The van der Waals surface area contributed by atoms with Crippen LogP contribution in [0.4, 0.5) is 14.7 Å². The highest BCUT2D eigenvalue weighted by molar-refractivity contribution is 6.30. The van der Waals surface area contributed by atoms with E-state index in [4.69, 9.17) is 11.6 Å². The summed E-state index contributed by atoms with van der Waals surface area (Å²) in [5.74, 6) is -0.663. The molecule has 0 spiro atoms. The van der Waals surface area contributed by atoms with Crippen molar-refractivity contribution in [2.24, 2.45) is 7.05 Å². The summed E-state index contributed by atoms with van der Waals surface area (Å²) in [6.45, 7) is 0. The first-order valence-electron chi connectivity index (χ1n) is 4.76. The lowest BCUT2D eigenvalue weighted by Gasteiger charge is -2.05. The SMILES string of the molecule is CNc1nnc(-c2cc(F)c(Cl)cc2F)n1C. The van der Waals surface area contributed by atoms with Crippen LogP contribution in [0, 0.1) is 11.6 Å². The van der Waals surface area contributed by atoms with E-state index < -0.39 is 11.6 Å². The van der Waals surface area contributed by atoms with Crippen molar-refractivity contribution < 1.29 is 8.78 Å². The largest absolute Gasteiger partial charge is 0.357 e. The highest BCUT2D eigenvalue weighted by atomic mass is 35.5. The Morgan fingerprint density at radius 3 is 2.53 bits per heavy atom. The number of hydrogen-bond acceptors (Lipinski definition) is 3. The first-order chi connectivity index (χ1) is 8.04. The number of nitrogens with zero attached hydrogens (tertiary/aromatic N) is 3. The van der Waals surface area contributed by atoms with Crippen molar-refractivity contribution in [3.63, 3.8) is 0 Å². The molecule has 90 valence electrons. The molecular formula is C10H9ClF2N4. The number of anilines is 1. The van der Waals surface area contributed by atoms with Crippen LogP contribution < -0.4 is 5.32 Å². The maximum atomic E-state index is 13.7. The Kier molecular flexibility index (Phi) is 2.97. The van der Waals surface area contributed by atoms with E-state index in [1.807, 2.05) is 0 Å². The van der Waals surface area contributed by atoms with Crippen molar-refractivity contribution in [3.8, 4) is 11.4 Å². The van der Waals surface area contributed by atoms with E-state index >= 15 is 0 Å². The lowest BCUT2D eigenvalue weighted by atomic mass is 10.2. The molecule has 0 radical (unpaired) electrons. The van der Waals surface area contributed by atoms with Gasteiger partial charge in [0, 0.05) is 14.1 Å². The topological polar surface area (TPSA) is 42.7 Å². The first-order valence-corrected chi connectivity index (χ1v) is 5.14. The van der Waals surface area contributed by atoms with Crippen molar-refractivity contribution in [2.75, 3.05) is 12.4 Å². The van der Waals surface area contributed by atoms with Crippen LogP contribution in [0.5, 0.6) is 0 Å². The van der Waals surface area contributed by atoms with E-state index in [-0.39, 0.29) is 16.4 Å². The first kappa shape index (κ1) is 11.8. The molecule has 2 rings (SSSR count). The molecule has 1 aromatic heterocycles. The maximum Gasteiger partial charge on any atom is 0.224 e. The normalized spacial score (nSPS) is 10.6. The summed E-state index contributed by atoms with van der Waals surface area (Å²) in [4.78, 5) is 0. The second-order valence-corrected chi connectivity index (χ2v) is 3.81. The van der Waals surface area contributed by atoms with Gasteiger partial charge < -0.3 is 5.32 Å². The average Bonchev–Trinajstić information content (AvgIpc) is 2.65.